The number of carbonyl (C=O) groups is 1. The first kappa shape index (κ1) is 22.3. The van der Waals surface area contributed by atoms with Crippen LogP contribution in [-0.4, -0.2) is 12.9 Å². The molecule has 0 aromatic heterocycles. The van der Waals surface area contributed by atoms with E-state index in [1.807, 2.05) is 54.8 Å². The summed E-state index contributed by atoms with van der Waals surface area (Å²) in [5.41, 5.74) is 5.98. The van der Waals surface area contributed by atoms with Crippen molar-refractivity contribution in [3.63, 3.8) is 0 Å². The van der Waals surface area contributed by atoms with Crippen molar-refractivity contribution in [3.8, 4) is 16.9 Å². The van der Waals surface area contributed by atoms with Gasteiger partial charge < -0.3 is 10.1 Å². The van der Waals surface area contributed by atoms with E-state index in [-0.39, 0.29) is 23.4 Å². The van der Waals surface area contributed by atoms with E-state index >= 15 is 0 Å². The van der Waals surface area contributed by atoms with Crippen molar-refractivity contribution in [2.75, 3.05) is 7.11 Å². The Hall–Kier alpha value is -4.18. The molecule has 1 heterocycles. The Morgan fingerprint density at radius 1 is 0.972 bits per heavy atom. The summed E-state index contributed by atoms with van der Waals surface area (Å²) in [6, 6.07) is 16.6. The first-order valence-electron chi connectivity index (χ1n) is 12.2. The number of hydrogen-bond acceptors (Lipinski definition) is 3. The van der Waals surface area contributed by atoms with Gasteiger partial charge in [0.15, 0.2) is 5.78 Å². The van der Waals surface area contributed by atoms with Gasteiger partial charge in [-0.05, 0) is 94.1 Å². The number of halogens is 1. The Kier molecular flexibility index (Phi) is 5.65. The Morgan fingerprint density at radius 2 is 1.83 bits per heavy atom. The van der Waals surface area contributed by atoms with Gasteiger partial charge in [-0.25, -0.2) is 4.39 Å². The van der Waals surface area contributed by atoms with E-state index in [0.717, 1.165) is 45.0 Å². The number of methoxy groups -OCH3 is 1. The van der Waals surface area contributed by atoms with Crippen LogP contribution in [0.25, 0.3) is 23.3 Å². The van der Waals surface area contributed by atoms with Crippen LogP contribution in [0.5, 0.6) is 5.75 Å². The maximum atomic E-state index is 14.2. The van der Waals surface area contributed by atoms with Gasteiger partial charge in [-0.15, -0.1) is 0 Å². The first-order chi connectivity index (χ1) is 17.6. The summed E-state index contributed by atoms with van der Waals surface area (Å²) in [6.07, 6.45) is 15.7. The highest BCUT2D eigenvalue weighted by Crippen LogP contribution is 2.35. The third kappa shape index (κ3) is 3.89. The minimum Gasteiger partial charge on any atom is -0.497 e. The Balaban J connectivity index is 1.52. The van der Waals surface area contributed by atoms with Gasteiger partial charge in [-0.1, -0.05) is 42.5 Å². The monoisotopic (exact) mass is 475 g/mol. The molecule has 0 saturated carbocycles. The highest BCUT2D eigenvalue weighted by molar-refractivity contribution is 6.01. The summed E-state index contributed by atoms with van der Waals surface area (Å²) in [5, 5.41) is 5.59. The second kappa shape index (κ2) is 9.12. The molecule has 0 saturated heterocycles. The van der Waals surface area contributed by atoms with Crippen LogP contribution in [0.3, 0.4) is 0 Å². The second-order valence-electron chi connectivity index (χ2n) is 9.40. The van der Waals surface area contributed by atoms with Crippen molar-refractivity contribution in [1.82, 2.24) is 5.32 Å². The fourth-order valence-electron chi connectivity index (χ4n) is 5.57. The summed E-state index contributed by atoms with van der Waals surface area (Å²) in [5.74, 6) is 0.317. The fraction of sp³-hybridized carbons (Fsp3) is 0.156. The van der Waals surface area contributed by atoms with E-state index < -0.39 is 0 Å². The summed E-state index contributed by atoms with van der Waals surface area (Å²) in [7, 11) is 1.62. The van der Waals surface area contributed by atoms with Gasteiger partial charge in [0.2, 0.25) is 0 Å². The molecule has 2 unspecified atom stereocenters. The van der Waals surface area contributed by atoms with E-state index in [0.29, 0.717) is 12.0 Å². The van der Waals surface area contributed by atoms with E-state index in [4.69, 9.17) is 4.74 Å². The molecule has 6 rings (SSSR count). The topological polar surface area (TPSA) is 38.3 Å². The van der Waals surface area contributed by atoms with Crippen LogP contribution in [0.2, 0.25) is 0 Å². The number of Topliss-reactive ketones (excluding diaryl/α,β-unsaturated/α-hetero) is 1. The zero-order valence-corrected chi connectivity index (χ0v) is 20.0. The van der Waals surface area contributed by atoms with Crippen LogP contribution >= 0.6 is 0 Å². The Labute approximate surface area is 209 Å². The molecule has 2 aliphatic carbocycles. The van der Waals surface area contributed by atoms with Crippen molar-refractivity contribution in [3.05, 3.63) is 124 Å². The van der Waals surface area contributed by atoms with Crippen LogP contribution in [0.1, 0.15) is 33.8 Å². The molecule has 178 valence electrons. The number of ketones is 1. The standard InChI is InChI=1S/C32H26FNO2/c1-36-24-11-7-21(8-12-24)32(35)22-17-29-26-13-9-20-6-10-23(33)19-28(20)25(26)14-15-27(29)30(18-22)31-5-3-2-4-16-34-31/h2-8,10-17,19,22,30,34H,9,18H2,1H3. The maximum Gasteiger partial charge on any atom is 0.169 e. The number of allylic oxidation sites excluding steroid dienone is 5. The molecule has 0 fully saturated rings. The number of fused-ring (bicyclic) bond motifs is 5. The first-order valence-corrected chi connectivity index (χ1v) is 12.2. The predicted molar refractivity (Wildman–Crippen MR) is 141 cm³/mol. The molecule has 3 aromatic rings. The number of rotatable bonds is 4. The van der Waals surface area contributed by atoms with E-state index in [9.17, 15) is 9.18 Å². The molecular formula is C32H26FNO2. The molecule has 4 heteroatoms. The lowest BCUT2D eigenvalue weighted by atomic mass is 9.75. The summed E-state index contributed by atoms with van der Waals surface area (Å²) < 4.78 is 19.5. The average molecular weight is 476 g/mol. The predicted octanol–water partition coefficient (Wildman–Crippen LogP) is 5.16. The van der Waals surface area contributed by atoms with Crippen molar-refractivity contribution in [2.45, 2.75) is 18.8 Å². The Bertz CT molecular complexity index is 1580. The minimum atomic E-state index is -0.288. The number of carbonyl (C=O) groups excluding carboxylic acids is 1. The molecule has 2 atom stereocenters. The normalized spacial score (nSPS) is 19.3. The van der Waals surface area contributed by atoms with Crippen LogP contribution in [0.4, 0.5) is 4.39 Å². The smallest absolute Gasteiger partial charge is 0.169 e. The van der Waals surface area contributed by atoms with Gasteiger partial charge in [0.1, 0.15) is 11.6 Å². The number of hydrogen-bond donors (Lipinski definition) is 1. The number of benzene rings is 3. The molecule has 0 bridgehead atoms. The quantitative estimate of drug-likeness (QED) is 0.530. The second-order valence-corrected chi connectivity index (χ2v) is 9.40. The van der Waals surface area contributed by atoms with E-state index in [2.05, 4.69) is 35.7 Å². The van der Waals surface area contributed by atoms with Gasteiger partial charge in [-0.3, -0.25) is 4.79 Å². The lowest BCUT2D eigenvalue weighted by Crippen LogP contribution is -2.40. The molecule has 1 N–H and O–H groups in total. The highest BCUT2D eigenvalue weighted by atomic mass is 19.1. The molecule has 1 aliphatic heterocycles. The van der Waals surface area contributed by atoms with Crippen molar-refractivity contribution < 1.29 is 13.9 Å². The SMILES string of the molecule is COc1ccc(C(=O)C2C=c3c(ccc4c3=CCc3ccc(F)cc3-4)C(C3=CC=CC=CN3)C2)cc1. The number of ether oxygens (including phenoxy) is 1. The van der Waals surface area contributed by atoms with Crippen molar-refractivity contribution >= 4 is 17.9 Å². The third-order valence-electron chi connectivity index (χ3n) is 7.37. The van der Waals surface area contributed by atoms with Gasteiger partial charge in [0.05, 0.1) is 7.11 Å². The summed E-state index contributed by atoms with van der Waals surface area (Å²) in [6.45, 7) is 0. The van der Waals surface area contributed by atoms with Gasteiger partial charge in [-0.2, -0.15) is 0 Å². The van der Waals surface area contributed by atoms with E-state index in [1.165, 1.54) is 11.6 Å². The summed E-state index contributed by atoms with van der Waals surface area (Å²) in [4.78, 5) is 13.7. The van der Waals surface area contributed by atoms with Crippen LogP contribution in [-0.2, 0) is 6.42 Å². The molecule has 0 spiro atoms. The zero-order chi connectivity index (χ0) is 24.6. The molecule has 0 amide bonds. The van der Waals surface area contributed by atoms with Gasteiger partial charge >= 0.3 is 0 Å². The summed E-state index contributed by atoms with van der Waals surface area (Å²) >= 11 is 0. The van der Waals surface area contributed by atoms with Crippen molar-refractivity contribution in [2.24, 2.45) is 5.92 Å². The van der Waals surface area contributed by atoms with Crippen molar-refractivity contribution in [1.29, 1.82) is 0 Å². The third-order valence-corrected chi connectivity index (χ3v) is 7.37. The molecule has 3 nitrogen and oxygen atoms in total. The number of nitrogens with one attached hydrogen (secondary N) is 1. The Morgan fingerprint density at radius 3 is 2.67 bits per heavy atom. The fourth-order valence-corrected chi connectivity index (χ4v) is 5.57. The lowest BCUT2D eigenvalue weighted by molar-refractivity contribution is 0.0944. The van der Waals surface area contributed by atoms with Gasteiger partial charge in [0.25, 0.3) is 0 Å². The average Bonchev–Trinajstić information content (AvgIpc) is 3.21. The molecule has 3 aliphatic rings. The zero-order valence-electron chi connectivity index (χ0n) is 20.0. The molecule has 36 heavy (non-hydrogen) atoms. The molecule has 3 aromatic carbocycles. The van der Waals surface area contributed by atoms with Crippen LogP contribution < -0.4 is 20.5 Å². The van der Waals surface area contributed by atoms with Gasteiger partial charge in [0, 0.05) is 29.3 Å². The molecular weight excluding hydrogens is 449 g/mol. The van der Waals surface area contributed by atoms with Crippen LogP contribution in [0, 0.1) is 11.7 Å². The maximum absolute atomic E-state index is 14.2. The highest BCUT2D eigenvalue weighted by Gasteiger charge is 2.31. The lowest BCUT2D eigenvalue weighted by Gasteiger charge is -2.30. The minimum absolute atomic E-state index is 0.0252. The molecule has 0 radical (unpaired) electrons. The van der Waals surface area contributed by atoms with E-state index in [1.54, 1.807) is 13.2 Å². The van der Waals surface area contributed by atoms with Crippen LogP contribution in [0.15, 0.2) is 90.8 Å². The largest absolute Gasteiger partial charge is 0.497 e.